The Morgan fingerprint density at radius 2 is 1.82 bits per heavy atom. The highest BCUT2D eigenvalue weighted by atomic mass is 32.2. The van der Waals surface area contributed by atoms with Crippen molar-refractivity contribution in [2.45, 2.75) is 18.5 Å². The Morgan fingerprint density at radius 1 is 1.05 bits per heavy atom. The minimum absolute atomic E-state index is 0.109. The van der Waals surface area contributed by atoms with Gasteiger partial charge in [0.1, 0.15) is 5.00 Å². The number of amides is 1. The molecular weight excluding hydrogens is 518 g/mol. The van der Waals surface area contributed by atoms with Crippen LogP contribution in [-0.2, 0) is 23.0 Å². The van der Waals surface area contributed by atoms with Crippen molar-refractivity contribution in [3.63, 3.8) is 0 Å². The molecule has 3 heterocycles. The first-order valence-corrected chi connectivity index (χ1v) is 13.8. The number of aromatic nitrogens is 4. The molecule has 1 N–H and O–H groups in total. The zero-order valence-corrected chi connectivity index (χ0v) is 22.7. The molecule has 192 valence electrons. The van der Waals surface area contributed by atoms with Crippen molar-refractivity contribution in [1.29, 1.82) is 0 Å². The minimum atomic E-state index is -0.471. The average Bonchev–Trinajstić information content (AvgIpc) is 3.54. The quantitative estimate of drug-likeness (QED) is 0.194. The molecule has 0 bridgehead atoms. The molecule has 5 aromatic rings. The molecule has 3 aromatic heterocycles. The number of hydrogen-bond donors (Lipinski definition) is 1. The third kappa shape index (κ3) is 5.18. The van der Waals surface area contributed by atoms with E-state index in [1.165, 1.54) is 30.2 Å². The van der Waals surface area contributed by atoms with Crippen LogP contribution in [0.1, 0.15) is 22.2 Å². The molecule has 0 saturated carbocycles. The van der Waals surface area contributed by atoms with Crippen LogP contribution in [0.5, 0.6) is 0 Å². The largest absolute Gasteiger partial charge is 0.465 e. The molecule has 5 rings (SSSR count). The number of carbonyl (C=O) groups excluding carboxylic acids is 2. The first-order valence-electron chi connectivity index (χ1n) is 12.0. The van der Waals surface area contributed by atoms with E-state index in [9.17, 15) is 9.59 Å². The molecule has 0 saturated heterocycles. The molecule has 0 aliphatic rings. The predicted octanol–water partition coefficient (Wildman–Crippen LogP) is 5.84. The Kier molecular flexibility index (Phi) is 7.52. The van der Waals surface area contributed by atoms with Gasteiger partial charge in [-0.3, -0.25) is 4.79 Å². The number of thioether (sulfide) groups is 1. The van der Waals surface area contributed by atoms with Crippen LogP contribution < -0.4 is 5.32 Å². The van der Waals surface area contributed by atoms with Crippen LogP contribution in [0.15, 0.2) is 71.9 Å². The summed E-state index contributed by atoms with van der Waals surface area (Å²) in [5.74, 6) is 0.0805. The Morgan fingerprint density at radius 3 is 2.58 bits per heavy atom. The maximum absolute atomic E-state index is 12.8. The van der Waals surface area contributed by atoms with Gasteiger partial charge in [0, 0.05) is 28.4 Å². The van der Waals surface area contributed by atoms with Gasteiger partial charge in [0.25, 0.3) is 0 Å². The highest BCUT2D eigenvalue weighted by Gasteiger charge is 2.20. The minimum Gasteiger partial charge on any atom is -0.465 e. The first-order chi connectivity index (χ1) is 18.5. The molecular formula is C28H25N5O3S2. The fraction of sp³-hybridized carbons (Fsp3) is 0.179. The molecule has 0 aliphatic carbocycles. The van der Waals surface area contributed by atoms with E-state index in [1.807, 2.05) is 79.2 Å². The number of aryl methyl sites for hydroxylation is 1. The lowest BCUT2D eigenvalue weighted by Crippen LogP contribution is -2.16. The lowest BCUT2D eigenvalue weighted by molar-refractivity contribution is -0.113. The van der Waals surface area contributed by atoms with E-state index in [4.69, 9.17) is 9.72 Å². The molecule has 0 unspecified atom stereocenters. The van der Waals surface area contributed by atoms with Crippen molar-refractivity contribution in [3.8, 4) is 22.6 Å². The molecule has 0 atom stereocenters. The zero-order chi connectivity index (χ0) is 26.6. The molecule has 38 heavy (non-hydrogen) atoms. The number of ether oxygens (including phenoxy) is 1. The summed E-state index contributed by atoms with van der Waals surface area (Å²) >= 11 is 2.66. The van der Waals surface area contributed by atoms with Crippen LogP contribution in [0.4, 0.5) is 5.00 Å². The number of nitrogens with zero attached hydrogens (tertiary/aromatic N) is 4. The third-order valence-electron chi connectivity index (χ3n) is 5.98. The molecule has 0 fully saturated rings. The fourth-order valence-electron chi connectivity index (χ4n) is 4.06. The zero-order valence-electron chi connectivity index (χ0n) is 21.1. The van der Waals surface area contributed by atoms with Gasteiger partial charge in [-0.1, -0.05) is 67.2 Å². The summed E-state index contributed by atoms with van der Waals surface area (Å²) in [6.07, 6.45) is 0.761. The number of anilines is 1. The van der Waals surface area contributed by atoms with E-state index >= 15 is 0 Å². The van der Waals surface area contributed by atoms with Gasteiger partial charge in [0.15, 0.2) is 11.0 Å². The normalized spacial score (nSPS) is 11.0. The van der Waals surface area contributed by atoms with Crippen LogP contribution in [0.2, 0.25) is 0 Å². The van der Waals surface area contributed by atoms with Crippen LogP contribution in [0.25, 0.3) is 33.5 Å². The van der Waals surface area contributed by atoms with Crippen LogP contribution in [0, 0.1) is 0 Å². The van der Waals surface area contributed by atoms with Gasteiger partial charge < -0.3 is 14.6 Å². The number of para-hydroxylation sites is 1. The van der Waals surface area contributed by atoms with Crippen LogP contribution >= 0.6 is 23.1 Å². The van der Waals surface area contributed by atoms with Gasteiger partial charge in [0.2, 0.25) is 5.91 Å². The fourth-order valence-corrected chi connectivity index (χ4v) is 5.77. The summed E-state index contributed by atoms with van der Waals surface area (Å²) in [6.45, 7) is 1.99. The topological polar surface area (TPSA) is 99.0 Å². The van der Waals surface area contributed by atoms with Crippen molar-refractivity contribution >= 4 is 50.9 Å². The van der Waals surface area contributed by atoms with E-state index in [1.54, 1.807) is 6.07 Å². The second-order valence-electron chi connectivity index (χ2n) is 8.44. The second kappa shape index (κ2) is 11.2. The van der Waals surface area contributed by atoms with E-state index in [0.717, 1.165) is 39.0 Å². The van der Waals surface area contributed by atoms with Crippen molar-refractivity contribution in [2.24, 2.45) is 7.05 Å². The maximum Gasteiger partial charge on any atom is 0.340 e. The van der Waals surface area contributed by atoms with Crippen LogP contribution in [0.3, 0.4) is 0 Å². The standard InChI is InChI=1S/C28H25N5O3S2/c1-4-18-14-21(27(35)36-3)26(38-18)30-24(34)16-37-28-32-31-25(33(28)2)20-15-23(17-10-6-5-7-11-17)29-22-13-9-8-12-19(20)22/h5-15H,4,16H2,1-3H3,(H,30,34). The number of esters is 1. The van der Waals surface area contributed by atoms with E-state index in [0.29, 0.717) is 21.5 Å². The molecule has 0 spiro atoms. The Hall–Kier alpha value is -4.02. The highest BCUT2D eigenvalue weighted by molar-refractivity contribution is 7.99. The summed E-state index contributed by atoms with van der Waals surface area (Å²) in [5, 5.41) is 13.7. The number of nitrogens with one attached hydrogen (secondary N) is 1. The Bertz CT molecular complexity index is 1630. The summed E-state index contributed by atoms with van der Waals surface area (Å²) < 4.78 is 6.74. The number of rotatable bonds is 8. The number of hydrogen-bond acceptors (Lipinski definition) is 8. The van der Waals surface area contributed by atoms with Crippen LogP contribution in [-0.4, -0.2) is 44.5 Å². The summed E-state index contributed by atoms with van der Waals surface area (Å²) in [5.41, 5.74) is 4.00. The number of methoxy groups -OCH3 is 1. The van der Waals surface area contributed by atoms with Gasteiger partial charge in [-0.25, -0.2) is 9.78 Å². The monoisotopic (exact) mass is 543 g/mol. The van der Waals surface area contributed by atoms with Gasteiger partial charge in [-0.05, 0) is 24.6 Å². The Balaban J connectivity index is 1.39. The second-order valence-corrected chi connectivity index (χ2v) is 10.5. The summed E-state index contributed by atoms with van der Waals surface area (Å²) in [7, 11) is 3.21. The number of fused-ring (bicyclic) bond motifs is 1. The van der Waals surface area contributed by atoms with Crippen molar-refractivity contribution in [1.82, 2.24) is 19.7 Å². The van der Waals surface area contributed by atoms with E-state index < -0.39 is 5.97 Å². The lowest BCUT2D eigenvalue weighted by Gasteiger charge is -2.10. The van der Waals surface area contributed by atoms with Gasteiger partial charge in [-0.2, -0.15) is 0 Å². The van der Waals surface area contributed by atoms with Crippen molar-refractivity contribution in [3.05, 3.63) is 77.2 Å². The van der Waals surface area contributed by atoms with Gasteiger partial charge >= 0.3 is 5.97 Å². The smallest absolute Gasteiger partial charge is 0.340 e. The Labute approximate surface area is 228 Å². The average molecular weight is 544 g/mol. The highest BCUT2D eigenvalue weighted by Crippen LogP contribution is 2.33. The van der Waals surface area contributed by atoms with E-state index in [2.05, 4.69) is 15.5 Å². The molecule has 1 amide bonds. The number of benzene rings is 2. The first kappa shape index (κ1) is 25.6. The lowest BCUT2D eigenvalue weighted by atomic mass is 10.0. The molecule has 8 nitrogen and oxygen atoms in total. The van der Waals surface area contributed by atoms with Gasteiger partial charge in [0.05, 0.1) is 29.6 Å². The van der Waals surface area contributed by atoms with E-state index in [-0.39, 0.29) is 11.7 Å². The third-order valence-corrected chi connectivity index (χ3v) is 8.20. The van der Waals surface area contributed by atoms with Gasteiger partial charge in [-0.15, -0.1) is 21.5 Å². The molecule has 10 heteroatoms. The summed E-state index contributed by atoms with van der Waals surface area (Å²) in [4.78, 5) is 30.7. The SMILES string of the molecule is CCc1cc(C(=O)OC)c(NC(=O)CSc2nnc(-c3cc(-c4ccccc4)nc4ccccc34)n2C)s1. The summed E-state index contributed by atoms with van der Waals surface area (Å²) in [6, 6.07) is 21.7. The predicted molar refractivity (Wildman–Crippen MR) is 152 cm³/mol. The number of carbonyl (C=O) groups is 2. The maximum atomic E-state index is 12.8. The molecule has 2 aromatic carbocycles. The van der Waals surface area contributed by atoms with Crippen molar-refractivity contribution < 1.29 is 14.3 Å². The number of pyridine rings is 1. The number of thiophene rings is 1. The molecule has 0 radical (unpaired) electrons. The molecule has 0 aliphatic heterocycles. The van der Waals surface area contributed by atoms with Crippen molar-refractivity contribution in [2.75, 3.05) is 18.2 Å².